The van der Waals surface area contributed by atoms with Gasteiger partial charge in [-0.2, -0.15) is 0 Å². The summed E-state index contributed by atoms with van der Waals surface area (Å²) in [5.41, 5.74) is 1.91. The molecule has 2 atom stereocenters. The topological polar surface area (TPSA) is 50.4 Å². The number of carbonyl (C=O) groups excluding carboxylic acids is 1. The molecule has 0 aliphatic carbocycles. The number of anilines is 1. The van der Waals surface area contributed by atoms with Gasteiger partial charge in [0, 0.05) is 11.7 Å². The molecule has 0 fully saturated rings. The number of benzene rings is 3. The molecule has 0 heterocycles. The molecule has 0 saturated carbocycles. The summed E-state index contributed by atoms with van der Waals surface area (Å²) in [6.45, 7) is 3.94. The molecule has 0 radical (unpaired) electrons. The zero-order valence-corrected chi connectivity index (χ0v) is 15.3. The molecule has 0 aliphatic heterocycles. The third kappa shape index (κ3) is 4.21. The number of amides is 1. The van der Waals surface area contributed by atoms with Gasteiger partial charge in [0.2, 0.25) is 5.91 Å². The molecule has 3 rings (SSSR count). The summed E-state index contributed by atoms with van der Waals surface area (Å²) in [6, 6.07) is 21.7. The zero-order valence-electron chi connectivity index (χ0n) is 15.3. The molecule has 134 valence electrons. The van der Waals surface area contributed by atoms with Gasteiger partial charge in [0.15, 0.2) is 0 Å². The fourth-order valence-electron chi connectivity index (χ4n) is 2.95. The van der Waals surface area contributed by atoms with Crippen molar-refractivity contribution in [3.63, 3.8) is 0 Å². The molecule has 0 aromatic heterocycles. The van der Waals surface area contributed by atoms with E-state index in [1.165, 1.54) is 10.8 Å². The molecule has 3 aromatic rings. The lowest BCUT2D eigenvalue weighted by Crippen LogP contribution is -2.39. The summed E-state index contributed by atoms with van der Waals surface area (Å²) in [4.78, 5) is 12.4. The van der Waals surface area contributed by atoms with Gasteiger partial charge in [0.25, 0.3) is 0 Å². The third-order valence-electron chi connectivity index (χ3n) is 4.52. The lowest BCUT2D eigenvalue weighted by molar-refractivity contribution is -0.117. The van der Waals surface area contributed by atoms with Crippen LogP contribution in [0.5, 0.6) is 5.75 Å². The second kappa shape index (κ2) is 8.02. The van der Waals surface area contributed by atoms with Crippen LogP contribution >= 0.6 is 0 Å². The lowest BCUT2D eigenvalue weighted by atomic mass is 10.0. The fourth-order valence-corrected chi connectivity index (χ4v) is 2.95. The molecule has 0 bridgehead atoms. The highest BCUT2D eigenvalue weighted by Gasteiger charge is 2.16. The van der Waals surface area contributed by atoms with Crippen LogP contribution in [0.25, 0.3) is 10.8 Å². The summed E-state index contributed by atoms with van der Waals surface area (Å²) in [6.07, 6.45) is 0. The van der Waals surface area contributed by atoms with E-state index >= 15 is 0 Å². The number of methoxy groups -OCH3 is 1. The molecule has 4 nitrogen and oxygen atoms in total. The van der Waals surface area contributed by atoms with Crippen LogP contribution in [0.4, 0.5) is 5.69 Å². The van der Waals surface area contributed by atoms with Gasteiger partial charge in [0.05, 0.1) is 13.2 Å². The maximum Gasteiger partial charge on any atom is 0.241 e. The van der Waals surface area contributed by atoms with E-state index in [9.17, 15) is 4.79 Å². The second-order valence-corrected chi connectivity index (χ2v) is 6.43. The van der Waals surface area contributed by atoms with Gasteiger partial charge >= 0.3 is 0 Å². The Labute approximate surface area is 154 Å². The van der Waals surface area contributed by atoms with E-state index in [4.69, 9.17) is 4.74 Å². The van der Waals surface area contributed by atoms with E-state index in [1.54, 1.807) is 7.11 Å². The number of hydrogen-bond donors (Lipinski definition) is 2. The molecule has 0 aliphatic rings. The number of fused-ring (bicyclic) bond motifs is 1. The largest absolute Gasteiger partial charge is 0.497 e. The fraction of sp³-hybridized carbons (Fsp3) is 0.227. The van der Waals surface area contributed by atoms with Crippen LogP contribution in [0.1, 0.15) is 25.5 Å². The summed E-state index contributed by atoms with van der Waals surface area (Å²) in [5.74, 6) is 0.696. The van der Waals surface area contributed by atoms with E-state index < -0.39 is 0 Å². The minimum absolute atomic E-state index is 0.0659. The molecular weight excluding hydrogens is 324 g/mol. The third-order valence-corrected chi connectivity index (χ3v) is 4.52. The first-order valence-corrected chi connectivity index (χ1v) is 8.76. The van der Waals surface area contributed by atoms with Crippen molar-refractivity contribution >= 4 is 22.4 Å². The zero-order chi connectivity index (χ0) is 18.5. The van der Waals surface area contributed by atoms with E-state index in [0.717, 1.165) is 17.0 Å². The quantitative estimate of drug-likeness (QED) is 0.688. The summed E-state index contributed by atoms with van der Waals surface area (Å²) < 4.78 is 5.13. The highest BCUT2D eigenvalue weighted by atomic mass is 16.5. The number of rotatable bonds is 6. The van der Waals surface area contributed by atoms with Gasteiger partial charge in [0.1, 0.15) is 5.75 Å². The number of ether oxygens (including phenoxy) is 1. The molecule has 0 saturated heterocycles. The maximum atomic E-state index is 12.4. The predicted molar refractivity (Wildman–Crippen MR) is 107 cm³/mol. The molecule has 0 spiro atoms. The van der Waals surface area contributed by atoms with Crippen LogP contribution in [0.3, 0.4) is 0 Å². The van der Waals surface area contributed by atoms with Gasteiger partial charge < -0.3 is 10.1 Å². The smallest absolute Gasteiger partial charge is 0.241 e. The van der Waals surface area contributed by atoms with Crippen molar-refractivity contribution in [2.24, 2.45) is 0 Å². The van der Waals surface area contributed by atoms with Gasteiger partial charge in [-0.3, -0.25) is 10.1 Å². The van der Waals surface area contributed by atoms with Crippen LogP contribution in [-0.4, -0.2) is 19.1 Å². The van der Waals surface area contributed by atoms with Gasteiger partial charge in [-0.15, -0.1) is 0 Å². The first-order valence-electron chi connectivity index (χ1n) is 8.76. The predicted octanol–water partition coefficient (Wildman–Crippen LogP) is 4.53. The Morgan fingerprint density at radius 2 is 1.62 bits per heavy atom. The monoisotopic (exact) mass is 348 g/mol. The highest BCUT2D eigenvalue weighted by molar-refractivity contribution is 5.94. The highest BCUT2D eigenvalue weighted by Crippen LogP contribution is 2.21. The molecule has 1 amide bonds. The van der Waals surface area contributed by atoms with Gasteiger partial charge in [-0.25, -0.2) is 0 Å². The lowest BCUT2D eigenvalue weighted by Gasteiger charge is -2.20. The average Bonchev–Trinajstić information content (AvgIpc) is 2.68. The standard InChI is InChI=1S/C22H24N2O2/c1-15(18-9-8-17-6-4-5-7-19(17)14-18)23-16(2)22(25)24-20-10-12-21(26-3)13-11-20/h4-16,23H,1-3H3,(H,24,25)/t15-,16-/m1/s1. The number of hydrogen-bond acceptors (Lipinski definition) is 3. The Bertz CT molecular complexity index is 890. The van der Waals surface area contributed by atoms with E-state index in [-0.39, 0.29) is 18.0 Å². The number of carbonyl (C=O) groups is 1. The summed E-state index contributed by atoms with van der Waals surface area (Å²) in [5, 5.41) is 8.71. The van der Waals surface area contributed by atoms with Crippen molar-refractivity contribution in [1.82, 2.24) is 5.32 Å². The molecule has 4 heteroatoms. The van der Waals surface area contributed by atoms with Crippen molar-refractivity contribution in [3.8, 4) is 5.75 Å². The Balaban J connectivity index is 1.63. The SMILES string of the molecule is COc1ccc(NC(=O)[C@@H](C)N[C@H](C)c2ccc3ccccc3c2)cc1. The van der Waals surface area contributed by atoms with Crippen LogP contribution in [-0.2, 0) is 4.79 Å². The summed E-state index contributed by atoms with van der Waals surface area (Å²) >= 11 is 0. The van der Waals surface area contributed by atoms with E-state index in [0.29, 0.717) is 0 Å². The van der Waals surface area contributed by atoms with E-state index in [1.807, 2.05) is 43.3 Å². The molecular formula is C22H24N2O2. The minimum Gasteiger partial charge on any atom is -0.497 e. The molecule has 2 N–H and O–H groups in total. The van der Waals surface area contributed by atoms with Crippen molar-refractivity contribution in [3.05, 3.63) is 72.3 Å². The van der Waals surface area contributed by atoms with Crippen LogP contribution in [0.15, 0.2) is 66.7 Å². The van der Waals surface area contributed by atoms with Crippen LogP contribution < -0.4 is 15.4 Å². The van der Waals surface area contributed by atoms with Crippen molar-refractivity contribution in [1.29, 1.82) is 0 Å². The van der Waals surface area contributed by atoms with Crippen LogP contribution in [0, 0.1) is 0 Å². The number of nitrogens with one attached hydrogen (secondary N) is 2. The van der Waals surface area contributed by atoms with Crippen LogP contribution in [0.2, 0.25) is 0 Å². The maximum absolute atomic E-state index is 12.4. The van der Waals surface area contributed by atoms with Crippen molar-refractivity contribution in [2.45, 2.75) is 25.9 Å². The molecule has 0 unspecified atom stereocenters. The molecule has 3 aromatic carbocycles. The first-order chi connectivity index (χ1) is 12.6. The summed E-state index contributed by atoms with van der Waals surface area (Å²) in [7, 11) is 1.62. The second-order valence-electron chi connectivity index (χ2n) is 6.43. The Morgan fingerprint density at radius 1 is 0.923 bits per heavy atom. The first kappa shape index (κ1) is 18.0. The molecule has 26 heavy (non-hydrogen) atoms. The average molecular weight is 348 g/mol. The Kier molecular flexibility index (Phi) is 5.54. The Hall–Kier alpha value is -2.85. The van der Waals surface area contributed by atoms with Crippen molar-refractivity contribution < 1.29 is 9.53 Å². The normalized spacial score (nSPS) is 13.2. The van der Waals surface area contributed by atoms with Gasteiger partial charge in [-0.05, 0) is 60.5 Å². The minimum atomic E-state index is -0.321. The van der Waals surface area contributed by atoms with Gasteiger partial charge in [-0.1, -0.05) is 36.4 Å². The van der Waals surface area contributed by atoms with Crippen molar-refractivity contribution in [2.75, 3.05) is 12.4 Å². The van der Waals surface area contributed by atoms with E-state index in [2.05, 4.69) is 47.9 Å². The Morgan fingerprint density at radius 3 is 2.31 bits per heavy atom.